The van der Waals surface area contributed by atoms with Crippen molar-refractivity contribution in [2.24, 2.45) is 17.8 Å². The monoisotopic (exact) mass is 236 g/mol. The van der Waals surface area contributed by atoms with Crippen LogP contribution in [0.3, 0.4) is 0 Å². The molecule has 0 saturated heterocycles. The first-order valence-corrected chi connectivity index (χ1v) is 7.09. The summed E-state index contributed by atoms with van der Waals surface area (Å²) in [6.07, 6.45) is 7.16. The predicted octanol–water partition coefficient (Wildman–Crippen LogP) is 3.25. The fraction of sp³-hybridized carbons (Fsp3) is 0.929. The molecule has 3 heteroatoms. The lowest BCUT2D eigenvalue weighted by atomic mass is 9.74. The molecule has 0 aromatic carbocycles. The van der Waals surface area contributed by atoms with E-state index in [9.17, 15) is 0 Å². The van der Waals surface area contributed by atoms with Gasteiger partial charge >= 0.3 is 6.19 Å². The van der Waals surface area contributed by atoms with Crippen molar-refractivity contribution in [3.8, 4) is 6.19 Å². The van der Waals surface area contributed by atoms with Crippen LogP contribution in [-0.4, -0.2) is 29.2 Å². The summed E-state index contributed by atoms with van der Waals surface area (Å²) >= 11 is 0. The molecule has 3 atom stereocenters. The third-order valence-corrected chi connectivity index (χ3v) is 4.38. The Balaban J connectivity index is 2.04. The molecule has 0 amide bonds. The second kappa shape index (κ2) is 5.16. The van der Waals surface area contributed by atoms with Gasteiger partial charge in [-0.3, -0.25) is 0 Å². The topological polar surface area (TPSA) is 10.8 Å². The summed E-state index contributed by atoms with van der Waals surface area (Å²) in [6.45, 7) is 11.2. The van der Waals surface area contributed by atoms with E-state index in [0.717, 1.165) is 31.0 Å². The molecule has 1 aliphatic carbocycles. The molecule has 1 aliphatic heterocycles. The van der Waals surface area contributed by atoms with Gasteiger partial charge in [0, 0.05) is 0 Å². The summed E-state index contributed by atoms with van der Waals surface area (Å²) in [5.74, 6) is 2.41. The summed E-state index contributed by atoms with van der Waals surface area (Å²) in [5, 5.41) is 2.28. The van der Waals surface area contributed by atoms with Crippen molar-refractivity contribution in [3.63, 3.8) is 0 Å². The average Bonchev–Trinajstić information content (AvgIpc) is 2.76. The van der Waals surface area contributed by atoms with Crippen molar-refractivity contribution >= 4 is 0 Å². The number of nitrogens with zero attached hydrogens (tertiary/aromatic N) is 3. The zero-order valence-electron chi connectivity index (χ0n) is 11.7. The zero-order chi connectivity index (χ0) is 12.4. The van der Waals surface area contributed by atoms with Gasteiger partial charge in [-0.15, -0.1) is 5.01 Å². The molecular formula is C14H26N3+. The maximum Gasteiger partial charge on any atom is 0.410 e. The van der Waals surface area contributed by atoms with Gasteiger partial charge in [0.1, 0.15) is 0 Å². The third kappa shape index (κ3) is 2.68. The average molecular weight is 236 g/mol. The fourth-order valence-electron chi connectivity index (χ4n) is 3.20. The Hall–Kier alpha value is -0.910. The molecule has 3 nitrogen and oxygen atoms in total. The van der Waals surface area contributed by atoms with Crippen LogP contribution >= 0.6 is 0 Å². The van der Waals surface area contributed by atoms with E-state index in [1.165, 1.54) is 19.3 Å². The van der Waals surface area contributed by atoms with Crippen LogP contribution in [-0.2, 0) is 0 Å². The van der Waals surface area contributed by atoms with Crippen LogP contribution < -0.4 is 0 Å². The third-order valence-electron chi connectivity index (χ3n) is 4.38. The lowest BCUT2D eigenvalue weighted by Gasteiger charge is -2.37. The highest BCUT2D eigenvalue weighted by Gasteiger charge is 2.40. The van der Waals surface area contributed by atoms with Crippen molar-refractivity contribution in [2.45, 2.75) is 53.0 Å². The second-order valence-corrected chi connectivity index (χ2v) is 6.03. The minimum atomic E-state index is 0.628. The molecule has 3 unspecified atom stereocenters. The van der Waals surface area contributed by atoms with Gasteiger partial charge in [-0.05, 0) is 42.5 Å². The summed E-state index contributed by atoms with van der Waals surface area (Å²) in [6, 6.07) is 0.628. The quantitative estimate of drug-likeness (QED) is 0.697. The highest BCUT2D eigenvalue weighted by molar-refractivity contribution is 4.97. The summed E-state index contributed by atoms with van der Waals surface area (Å²) in [5.41, 5.74) is 0. The molecule has 17 heavy (non-hydrogen) atoms. The summed E-state index contributed by atoms with van der Waals surface area (Å²) in [4.78, 5) is 6.65. The molecule has 1 fully saturated rings. The highest BCUT2D eigenvalue weighted by Crippen LogP contribution is 2.37. The van der Waals surface area contributed by atoms with Gasteiger partial charge in [0.2, 0.25) is 6.67 Å². The second-order valence-electron chi connectivity index (χ2n) is 6.03. The molecule has 0 radical (unpaired) electrons. The van der Waals surface area contributed by atoms with Crippen molar-refractivity contribution in [1.82, 2.24) is 9.91 Å². The molecule has 0 bridgehead atoms. The summed E-state index contributed by atoms with van der Waals surface area (Å²) in [7, 11) is 0. The van der Waals surface area contributed by atoms with Crippen molar-refractivity contribution in [1.29, 1.82) is 0 Å². The van der Waals surface area contributed by atoms with Gasteiger partial charge in [0.25, 0.3) is 0 Å². The highest BCUT2D eigenvalue weighted by atomic mass is 15.6. The van der Waals surface area contributed by atoms with E-state index < -0.39 is 0 Å². The number of hydrogen-bond donors (Lipinski definition) is 0. The number of hydrogen-bond acceptors (Lipinski definition) is 2. The van der Waals surface area contributed by atoms with Gasteiger partial charge < -0.3 is 0 Å². The smallest absolute Gasteiger partial charge is 0.185 e. The van der Waals surface area contributed by atoms with E-state index >= 15 is 0 Å². The summed E-state index contributed by atoms with van der Waals surface area (Å²) < 4.78 is 0. The van der Waals surface area contributed by atoms with E-state index in [1.54, 1.807) is 0 Å². The maximum absolute atomic E-state index is 4.49. The molecule has 1 saturated carbocycles. The Morgan fingerprint density at radius 3 is 2.71 bits per heavy atom. The van der Waals surface area contributed by atoms with Crippen molar-refractivity contribution in [2.75, 3.05) is 13.2 Å². The Kier molecular flexibility index (Phi) is 3.81. The first-order chi connectivity index (χ1) is 8.11. The van der Waals surface area contributed by atoms with E-state index in [0.29, 0.717) is 6.04 Å². The Morgan fingerprint density at radius 1 is 1.35 bits per heavy atom. The van der Waals surface area contributed by atoms with E-state index in [-0.39, 0.29) is 0 Å². The van der Waals surface area contributed by atoms with Crippen LogP contribution in [0.1, 0.15) is 47.0 Å². The van der Waals surface area contributed by atoms with Crippen LogP contribution in [0.25, 0.3) is 4.95 Å². The fourth-order valence-corrected chi connectivity index (χ4v) is 3.20. The number of rotatable bonds is 3. The predicted molar refractivity (Wildman–Crippen MR) is 71.5 cm³/mol. The molecule has 0 spiro atoms. The molecule has 0 aromatic rings. The zero-order valence-corrected chi connectivity index (χ0v) is 11.7. The van der Waals surface area contributed by atoms with Gasteiger partial charge in [-0.2, -0.15) is 4.90 Å². The SMILES string of the molecule is CCN1C#[N+]N(C2CC(C)CCC2C(C)C)C1. The minimum absolute atomic E-state index is 0.628. The van der Waals surface area contributed by atoms with E-state index in [1.807, 2.05) is 0 Å². The van der Waals surface area contributed by atoms with Gasteiger partial charge in [0.05, 0.1) is 12.6 Å². The largest absolute Gasteiger partial charge is 0.410 e. The Bertz CT molecular complexity index is 315. The van der Waals surface area contributed by atoms with Crippen LogP contribution in [0, 0.1) is 23.9 Å². The Labute approximate surface area is 106 Å². The first kappa shape index (κ1) is 12.5. The lowest BCUT2D eigenvalue weighted by Crippen LogP contribution is -2.44. The lowest BCUT2D eigenvalue weighted by molar-refractivity contribution is 0.0758. The molecule has 2 aliphatic rings. The molecule has 1 heterocycles. The van der Waals surface area contributed by atoms with E-state index in [4.69, 9.17) is 0 Å². The van der Waals surface area contributed by atoms with Crippen LogP contribution in [0.15, 0.2) is 0 Å². The standard InChI is InChI=1S/C14H26N3/c1-5-16-9-15-17(10-16)14-8-12(4)6-7-13(14)11(2)3/h11-14H,5-8,10H2,1-4H3/q+1. The minimum Gasteiger partial charge on any atom is -0.185 e. The van der Waals surface area contributed by atoms with Crippen LogP contribution in [0.5, 0.6) is 0 Å². The van der Waals surface area contributed by atoms with Gasteiger partial charge in [-0.25, -0.2) is 0 Å². The molecule has 96 valence electrons. The molecule has 0 aromatic heterocycles. The molecular weight excluding hydrogens is 210 g/mol. The van der Waals surface area contributed by atoms with E-state index in [2.05, 4.69) is 48.8 Å². The van der Waals surface area contributed by atoms with Crippen LogP contribution in [0.4, 0.5) is 0 Å². The maximum atomic E-state index is 4.49. The molecule has 0 N–H and O–H groups in total. The first-order valence-electron chi connectivity index (χ1n) is 7.09. The van der Waals surface area contributed by atoms with Gasteiger partial charge in [0.15, 0.2) is 0 Å². The molecule has 2 rings (SSSR count). The van der Waals surface area contributed by atoms with Crippen molar-refractivity contribution < 1.29 is 0 Å². The Morgan fingerprint density at radius 2 is 2.12 bits per heavy atom. The van der Waals surface area contributed by atoms with Gasteiger partial charge in [-0.1, -0.05) is 27.2 Å². The normalized spacial score (nSPS) is 32.9. The van der Waals surface area contributed by atoms with Crippen molar-refractivity contribution in [3.05, 3.63) is 4.95 Å². The van der Waals surface area contributed by atoms with Crippen LogP contribution in [0.2, 0.25) is 0 Å².